The third kappa shape index (κ3) is 7.70. The lowest BCUT2D eigenvalue weighted by molar-refractivity contribution is -0.143. The first-order chi connectivity index (χ1) is 16.6. The lowest BCUT2D eigenvalue weighted by Crippen LogP contribution is -2.49. The third-order valence-electron chi connectivity index (χ3n) is 4.99. The Hall–Kier alpha value is -4.14. The molecule has 0 radical (unpaired) electrons. The van der Waals surface area contributed by atoms with Crippen molar-refractivity contribution in [3.8, 4) is 5.75 Å². The zero-order valence-electron chi connectivity index (χ0n) is 20.0. The fourth-order valence-corrected chi connectivity index (χ4v) is 3.47. The monoisotopic (exact) mass is 478 g/mol. The van der Waals surface area contributed by atoms with Crippen molar-refractivity contribution >= 4 is 23.5 Å². The fourth-order valence-electron chi connectivity index (χ4n) is 3.47. The van der Waals surface area contributed by atoms with Gasteiger partial charge >= 0.3 is 0 Å². The topological polar surface area (TPSA) is 125 Å². The minimum atomic E-state index is -1.01. The third-order valence-corrected chi connectivity index (χ3v) is 4.99. The molecule has 3 aromatic rings. The van der Waals surface area contributed by atoms with Crippen molar-refractivity contribution in [1.29, 1.82) is 0 Å². The lowest BCUT2D eigenvalue weighted by Gasteiger charge is -2.33. The summed E-state index contributed by atoms with van der Waals surface area (Å²) in [5, 5.41) is 15.3. The van der Waals surface area contributed by atoms with Crippen molar-refractivity contribution in [2.75, 3.05) is 5.32 Å². The summed E-state index contributed by atoms with van der Waals surface area (Å²) in [5.74, 6) is -0.234. The predicted molar refractivity (Wildman–Crippen MR) is 130 cm³/mol. The second-order valence-electron chi connectivity index (χ2n) is 9.10. The van der Waals surface area contributed by atoms with Gasteiger partial charge in [-0.25, -0.2) is 4.98 Å². The van der Waals surface area contributed by atoms with Crippen LogP contribution in [0.25, 0.3) is 0 Å². The van der Waals surface area contributed by atoms with Gasteiger partial charge in [0.25, 0.3) is 0 Å². The molecule has 3 rings (SSSR count). The number of rotatable bonds is 9. The van der Waals surface area contributed by atoms with Crippen molar-refractivity contribution in [3.05, 3.63) is 78.4 Å². The van der Waals surface area contributed by atoms with E-state index in [-0.39, 0.29) is 37.0 Å². The van der Waals surface area contributed by atoms with E-state index < -0.39 is 17.5 Å². The molecule has 2 heterocycles. The number of pyridine rings is 1. The number of nitrogens with zero attached hydrogens (tertiary/aromatic N) is 2. The Morgan fingerprint density at radius 2 is 1.77 bits per heavy atom. The number of nitrogens with one attached hydrogen (secondary N) is 2. The number of furan rings is 1. The van der Waals surface area contributed by atoms with Crippen LogP contribution < -0.4 is 10.6 Å². The molecule has 0 aliphatic carbocycles. The van der Waals surface area contributed by atoms with Crippen LogP contribution in [0.5, 0.6) is 5.75 Å². The largest absolute Gasteiger partial charge is 0.508 e. The summed E-state index contributed by atoms with van der Waals surface area (Å²) in [4.78, 5) is 44.7. The van der Waals surface area contributed by atoms with Gasteiger partial charge in [-0.3, -0.25) is 14.4 Å². The number of anilines is 1. The highest BCUT2D eigenvalue weighted by Crippen LogP contribution is 2.27. The molecule has 35 heavy (non-hydrogen) atoms. The molecule has 1 atom stereocenters. The average Bonchev–Trinajstić information content (AvgIpc) is 3.31. The van der Waals surface area contributed by atoms with Gasteiger partial charge in [0.15, 0.2) is 0 Å². The Morgan fingerprint density at radius 1 is 1.03 bits per heavy atom. The maximum Gasteiger partial charge on any atom is 0.247 e. The Labute approximate surface area is 204 Å². The van der Waals surface area contributed by atoms with E-state index in [0.717, 1.165) is 0 Å². The number of hydrogen-bond acceptors (Lipinski definition) is 6. The van der Waals surface area contributed by atoms with Crippen molar-refractivity contribution < 1.29 is 23.9 Å². The van der Waals surface area contributed by atoms with Crippen molar-refractivity contribution in [1.82, 2.24) is 15.2 Å². The molecule has 184 valence electrons. The Morgan fingerprint density at radius 3 is 2.37 bits per heavy atom. The molecule has 0 unspecified atom stereocenters. The van der Waals surface area contributed by atoms with Gasteiger partial charge in [0.1, 0.15) is 23.4 Å². The number of carbonyl (C=O) groups is 3. The van der Waals surface area contributed by atoms with Gasteiger partial charge in [0, 0.05) is 24.6 Å². The number of benzene rings is 1. The van der Waals surface area contributed by atoms with Gasteiger partial charge < -0.3 is 25.1 Å². The zero-order valence-corrected chi connectivity index (χ0v) is 20.0. The van der Waals surface area contributed by atoms with E-state index in [1.54, 1.807) is 48.7 Å². The van der Waals surface area contributed by atoms with Crippen LogP contribution in [0.3, 0.4) is 0 Å². The zero-order chi connectivity index (χ0) is 25.4. The molecular formula is C26H30N4O5. The molecule has 9 heteroatoms. The van der Waals surface area contributed by atoms with Crippen LogP contribution in [0.15, 0.2) is 71.5 Å². The van der Waals surface area contributed by atoms with E-state index >= 15 is 0 Å². The van der Waals surface area contributed by atoms with Crippen molar-refractivity contribution in [2.45, 2.75) is 51.7 Å². The SMILES string of the molecule is CC(C)(C)NC(=O)[C@H](c1ccc(O)cc1)N(Cc1ccco1)C(=O)CCC(=O)Nc1ccccn1. The van der Waals surface area contributed by atoms with Crippen molar-refractivity contribution in [2.24, 2.45) is 0 Å². The summed E-state index contributed by atoms with van der Waals surface area (Å²) < 4.78 is 5.45. The molecule has 0 fully saturated rings. The van der Waals surface area contributed by atoms with Gasteiger partial charge in [-0.2, -0.15) is 0 Å². The number of phenolic OH excluding ortho intramolecular Hbond substituents is 1. The first-order valence-corrected chi connectivity index (χ1v) is 11.3. The summed E-state index contributed by atoms with van der Waals surface area (Å²) >= 11 is 0. The normalized spacial score (nSPS) is 12.0. The minimum absolute atomic E-state index is 0.0246. The summed E-state index contributed by atoms with van der Waals surface area (Å²) in [5.41, 5.74) is -0.0313. The molecule has 0 spiro atoms. The van der Waals surface area contributed by atoms with Gasteiger partial charge in [0.05, 0.1) is 12.8 Å². The van der Waals surface area contributed by atoms with E-state index in [1.807, 2.05) is 20.8 Å². The van der Waals surface area contributed by atoms with Crippen LogP contribution in [0.2, 0.25) is 0 Å². The molecule has 0 aliphatic heterocycles. The van der Waals surface area contributed by atoms with E-state index in [1.165, 1.54) is 23.3 Å². The number of hydrogen-bond donors (Lipinski definition) is 3. The van der Waals surface area contributed by atoms with Crippen LogP contribution in [0, 0.1) is 0 Å². The van der Waals surface area contributed by atoms with Crippen LogP contribution in [-0.2, 0) is 20.9 Å². The molecule has 3 N–H and O–H groups in total. The number of aromatic hydroxyl groups is 1. The number of aromatic nitrogens is 1. The second kappa shape index (κ2) is 11.3. The first kappa shape index (κ1) is 25.5. The molecule has 9 nitrogen and oxygen atoms in total. The fraction of sp³-hybridized carbons (Fsp3) is 0.308. The van der Waals surface area contributed by atoms with E-state index in [2.05, 4.69) is 15.6 Å². The van der Waals surface area contributed by atoms with Gasteiger partial charge in [-0.15, -0.1) is 0 Å². The molecule has 3 amide bonds. The molecule has 0 saturated carbocycles. The summed E-state index contributed by atoms with van der Waals surface area (Å²) in [6, 6.07) is 13.6. The van der Waals surface area contributed by atoms with Crippen LogP contribution >= 0.6 is 0 Å². The number of phenols is 1. The molecule has 1 aromatic carbocycles. The lowest BCUT2D eigenvalue weighted by atomic mass is 10.0. The highest BCUT2D eigenvalue weighted by atomic mass is 16.3. The maximum absolute atomic E-state index is 13.4. The summed E-state index contributed by atoms with van der Waals surface area (Å²) in [6.45, 7) is 5.56. The highest BCUT2D eigenvalue weighted by molar-refractivity contribution is 5.94. The minimum Gasteiger partial charge on any atom is -0.508 e. The Balaban J connectivity index is 1.86. The Kier molecular flexibility index (Phi) is 8.25. The maximum atomic E-state index is 13.4. The number of carbonyl (C=O) groups excluding carboxylic acids is 3. The predicted octanol–water partition coefficient (Wildman–Crippen LogP) is 3.78. The van der Waals surface area contributed by atoms with Gasteiger partial charge in [-0.05, 0) is 62.7 Å². The van der Waals surface area contributed by atoms with Gasteiger partial charge in [-0.1, -0.05) is 18.2 Å². The molecule has 0 saturated heterocycles. The molecule has 0 bridgehead atoms. The first-order valence-electron chi connectivity index (χ1n) is 11.3. The molecule has 0 aliphatic rings. The van der Waals surface area contributed by atoms with E-state index in [9.17, 15) is 19.5 Å². The highest BCUT2D eigenvalue weighted by Gasteiger charge is 2.34. The standard InChI is InChI=1S/C26H30N4O5/c1-26(2,3)29-25(34)24(18-9-11-19(31)12-10-18)30(17-20-7-6-16-35-20)23(33)14-13-22(32)28-21-8-4-5-15-27-21/h4-12,15-16,24,31H,13-14,17H2,1-3H3,(H,29,34)(H,27,28,32)/t24-/m0/s1. The van der Waals surface area contributed by atoms with E-state index in [4.69, 9.17) is 4.42 Å². The average molecular weight is 479 g/mol. The van der Waals surface area contributed by atoms with Crippen LogP contribution in [-0.4, -0.2) is 38.3 Å². The second-order valence-corrected chi connectivity index (χ2v) is 9.10. The van der Waals surface area contributed by atoms with E-state index in [0.29, 0.717) is 17.1 Å². The molecule has 2 aromatic heterocycles. The van der Waals surface area contributed by atoms with Gasteiger partial charge in [0.2, 0.25) is 17.7 Å². The quantitative estimate of drug-likeness (QED) is 0.430. The number of amides is 3. The van der Waals surface area contributed by atoms with Crippen LogP contribution in [0.4, 0.5) is 5.82 Å². The van der Waals surface area contributed by atoms with Crippen LogP contribution in [0.1, 0.15) is 51.0 Å². The smallest absolute Gasteiger partial charge is 0.247 e. The van der Waals surface area contributed by atoms with Crippen molar-refractivity contribution in [3.63, 3.8) is 0 Å². The Bertz CT molecular complexity index is 1120. The summed E-state index contributed by atoms with van der Waals surface area (Å²) in [6.07, 6.45) is 2.83. The summed E-state index contributed by atoms with van der Waals surface area (Å²) in [7, 11) is 0. The molecular weight excluding hydrogens is 448 g/mol.